The maximum Gasteiger partial charge on any atom is 0.101 e. The first kappa shape index (κ1) is 28.8. The standard InChI is InChI=1S/C45H25N5/c46-26-29-19-22-44-40(23-29)38-14-3-6-18-43(38)50(44)41-16-4-1-12-36(41)31-20-21-35(33(24-31)28-48)30-9-7-11-34(25-30)49-42-17-5-2-13-37(42)39-15-8-10-32(27-47)45(39)49/h1-25H. The van der Waals surface area contributed by atoms with Crippen molar-refractivity contribution in [1.29, 1.82) is 15.8 Å². The molecule has 0 bridgehead atoms. The van der Waals surface area contributed by atoms with Gasteiger partial charge in [0.2, 0.25) is 0 Å². The number of rotatable bonds is 4. The molecule has 2 heterocycles. The fourth-order valence-electron chi connectivity index (χ4n) is 7.46. The molecule has 0 N–H and O–H groups in total. The molecule has 2 aromatic heterocycles. The van der Waals surface area contributed by atoms with Crippen LogP contribution in [0.3, 0.4) is 0 Å². The van der Waals surface area contributed by atoms with Crippen molar-refractivity contribution < 1.29 is 0 Å². The Labute approximate surface area is 287 Å². The summed E-state index contributed by atoms with van der Waals surface area (Å²) in [6, 6.07) is 57.8. The Morgan fingerprint density at radius 1 is 0.400 bits per heavy atom. The molecule has 0 unspecified atom stereocenters. The van der Waals surface area contributed by atoms with Gasteiger partial charge in [-0.2, -0.15) is 15.8 Å². The molecule has 50 heavy (non-hydrogen) atoms. The largest absolute Gasteiger partial charge is 0.309 e. The second-order valence-corrected chi connectivity index (χ2v) is 12.3. The van der Waals surface area contributed by atoms with Crippen LogP contribution in [0, 0.1) is 34.0 Å². The van der Waals surface area contributed by atoms with Gasteiger partial charge in [-0.05, 0) is 77.4 Å². The van der Waals surface area contributed by atoms with Gasteiger partial charge in [-0.15, -0.1) is 0 Å². The third-order valence-electron chi connectivity index (χ3n) is 9.63. The maximum atomic E-state index is 10.5. The molecular formula is C45H25N5. The normalized spacial score (nSPS) is 11.1. The molecule has 0 saturated carbocycles. The third kappa shape index (κ3) is 4.31. The van der Waals surface area contributed by atoms with Crippen molar-refractivity contribution >= 4 is 43.6 Å². The highest BCUT2D eigenvalue weighted by atomic mass is 15.0. The summed E-state index contributed by atoms with van der Waals surface area (Å²) in [6.45, 7) is 0. The van der Waals surface area contributed by atoms with E-state index in [1.165, 1.54) is 0 Å². The first-order chi connectivity index (χ1) is 24.7. The molecule has 0 aliphatic rings. The molecule has 0 atom stereocenters. The number of fused-ring (bicyclic) bond motifs is 6. The number of aromatic nitrogens is 2. The van der Waals surface area contributed by atoms with Crippen LogP contribution < -0.4 is 0 Å². The van der Waals surface area contributed by atoms with Gasteiger partial charge in [-0.1, -0.05) is 91.0 Å². The van der Waals surface area contributed by atoms with Gasteiger partial charge >= 0.3 is 0 Å². The topological polar surface area (TPSA) is 81.2 Å². The monoisotopic (exact) mass is 635 g/mol. The first-order valence-electron chi connectivity index (χ1n) is 16.3. The molecule has 230 valence electrons. The van der Waals surface area contributed by atoms with Crippen molar-refractivity contribution in [3.05, 3.63) is 168 Å². The van der Waals surface area contributed by atoms with Crippen LogP contribution in [0.4, 0.5) is 0 Å². The predicted molar refractivity (Wildman–Crippen MR) is 200 cm³/mol. The van der Waals surface area contributed by atoms with Crippen molar-refractivity contribution in [2.75, 3.05) is 0 Å². The Hall–Kier alpha value is -7.39. The van der Waals surface area contributed by atoms with Crippen LogP contribution in [0.15, 0.2) is 152 Å². The van der Waals surface area contributed by atoms with Crippen LogP contribution in [0.25, 0.3) is 77.2 Å². The van der Waals surface area contributed by atoms with E-state index < -0.39 is 0 Å². The summed E-state index contributed by atoms with van der Waals surface area (Å²) in [5.41, 5.74) is 11.3. The predicted octanol–water partition coefficient (Wildman–Crippen LogP) is 10.8. The number of hydrogen-bond donors (Lipinski definition) is 0. The lowest BCUT2D eigenvalue weighted by molar-refractivity contribution is 1.18. The van der Waals surface area contributed by atoms with Gasteiger partial charge in [0.15, 0.2) is 0 Å². The van der Waals surface area contributed by atoms with Crippen molar-refractivity contribution in [2.24, 2.45) is 0 Å². The number of nitriles is 3. The summed E-state index contributed by atoms with van der Waals surface area (Å²) < 4.78 is 4.39. The van der Waals surface area contributed by atoms with Crippen LogP contribution in [0.2, 0.25) is 0 Å². The van der Waals surface area contributed by atoms with Crippen molar-refractivity contribution in [3.63, 3.8) is 0 Å². The number of hydrogen-bond acceptors (Lipinski definition) is 3. The highest BCUT2D eigenvalue weighted by Crippen LogP contribution is 2.39. The van der Waals surface area contributed by atoms with Crippen LogP contribution in [0.5, 0.6) is 0 Å². The fraction of sp³-hybridized carbons (Fsp3) is 0. The van der Waals surface area contributed by atoms with Gasteiger partial charge in [-0.25, -0.2) is 0 Å². The third-order valence-corrected chi connectivity index (χ3v) is 9.63. The average Bonchev–Trinajstić information content (AvgIpc) is 3.70. The van der Waals surface area contributed by atoms with Crippen LogP contribution in [-0.4, -0.2) is 9.13 Å². The molecule has 0 saturated heterocycles. The van der Waals surface area contributed by atoms with E-state index in [9.17, 15) is 15.8 Å². The Kier molecular flexibility index (Phi) is 6.56. The average molecular weight is 636 g/mol. The molecule has 0 aliphatic heterocycles. The van der Waals surface area contributed by atoms with Crippen LogP contribution >= 0.6 is 0 Å². The highest BCUT2D eigenvalue weighted by molar-refractivity contribution is 6.11. The lowest BCUT2D eigenvalue weighted by atomic mass is 9.94. The Balaban J connectivity index is 1.20. The molecular weight excluding hydrogens is 611 g/mol. The quantitative estimate of drug-likeness (QED) is 0.193. The van der Waals surface area contributed by atoms with E-state index in [0.717, 1.165) is 77.2 Å². The SMILES string of the molecule is N#Cc1ccc2c(c1)c1ccccc1n2-c1ccccc1-c1ccc(-c2cccc(-n3c4ccccc4c4cccc(C#N)c43)c2)c(C#N)c1. The molecule has 0 aliphatic carbocycles. The minimum Gasteiger partial charge on any atom is -0.309 e. The summed E-state index contributed by atoms with van der Waals surface area (Å²) in [7, 11) is 0. The Bertz CT molecular complexity index is 2970. The minimum absolute atomic E-state index is 0.565. The lowest BCUT2D eigenvalue weighted by Crippen LogP contribution is -1.98. The van der Waals surface area contributed by atoms with Gasteiger partial charge in [0.25, 0.3) is 0 Å². The van der Waals surface area contributed by atoms with Crippen molar-refractivity contribution in [3.8, 4) is 51.8 Å². The van der Waals surface area contributed by atoms with E-state index in [0.29, 0.717) is 16.7 Å². The van der Waals surface area contributed by atoms with Crippen LogP contribution in [0.1, 0.15) is 16.7 Å². The Morgan fingerprint density at radius 2 is 1.06 bits per heavy atom. The molecule has 5 nitrogen and oxygen atoms in total. The summed E-state index contributed by atoms with van der Waals surface area (Å²) in [6.07, 6.45) is 0. The van der Waals surface area contributed by atoms with E-state index in [1.54, 1.807) is 0 Å². The molecule has 5 heteroatoms. The molecule has 0 radical (unpaired) electrons. The van der Waals surface area contributed by atoms with Gasteiger partial charge in [0, 0.05) is 32.8 Å². The van der Waals surface area contributed by atoms with Crippen molar-refractivity contribution in [1.82, 2.24) is 9.13 Å². The van der Waals surface area contributed by atoms with E-state index >= 15 is 0 Å². The van der Waals surface area contributed by atoms with Gasteiger partial charge in [-0.3, -0.25) is 0 Å². The summed E-state index contributed by atoms with van der Waals surface area (Å²) in [5.74, 6) is 0. The van der Waals surface area contributed by atoms with E-state index in [-0.39, 0.29) is 0 Å². The van der Waals surface area contributed by atoms with E-state index in [1.807, 2.05) is 97.1 Å². The molecule has 0 spiro atoms. The number of nitrogens with zero attached hydrogens (tertiary/aromatic N) is 5. The number of benzene rings is 7. The molecule has 7 aromatic carbocycles. The van der Waals surface area contributed by atoms with Gasteiger partial charge < -0.3 is 9.13 Å². The summed E-state index contributed by atoms with van der Waals surface area (Å²) in [5, 5.41) is 34.4. The van der Waals surface area contributed by atoms with E-state index in [4.69, 9.17) is 0 Å². The second kappa shape index (κ2) is 11.4. The van der Waals surface area contributed by atoms with Gasteiger partial charge in [0.05, 0.1) is 56.6 Å². The zero-order valence-electron chi connectivity index (χ0n) is 26.7. The maximum absolute atomic E-state index is 10.5. The number of para-hydroxylation sites is 4. The summed E-state index contributed by atoms with van der Waals surface area (Å²) >= 11 is 0. The lowest BCUT2D eigenvalue weighted by Gasteiger charge is -2.15. The summed E-state index contributed by atoms with van der Waals surface area (Å²) in [4.78, 5) is 0. The molecule has 0 fully saturated rings. The molecule has 9 rings (SSSR count). The molecule has 9 aromatic rings. The van der Waals surface area contributed by atoms with E-state index in [2.05, 4.69) is 81.9 Å². The van der Waals surface area contributed by atoms with Gasteiger partial charge in [0.1, 0.15) is 6.07 Å². The molecule has 0 amide bonds. The zero-order valence-corrected chi connectivity index (χ0v) is 26.7. The second-order valence-electron chi connectivity index (χ2n) is 12.3. The smallest absolute Gasteiger partial charge is 0.101 e. The van der Waals surface area contributed by atoms with Crippen LogP contribution in [-0.2, 0) is 0 Å². The minimum atomic E-state index is 0.565. The Morgan fingerprint density at radius 3 is 1.86 bits per heavy atom. The fourth-order valence-corrected chi connectivity index (χ4v) is 7.46. The zero-order chi connectivity index (χ0) is 33.8. The van der Waals surface area contributed by atoms with Crippen molar-refractivity contribution in [2.45, 2.75) is 0 Å². The highest BCUT2D eigenvalue weighted by Gasteiger charge is 2.19. The first-order valence-corrected chi connectivity index (χ1v) is 16.3.